The molecule has 110 valence electrons. The number of nitrogen functional groups attached to an aromatic ring is 1. The zero-order chi connectivity index (χ0) is 14.4. The number of anilines is 2. The van der Waals surface area contributed by atoms with Crippen LogP contribution in [0.1, 0.15) is 26.2 Å². The third-order valence-electron chi connectivity index (χ3n) is 2.78. The molecule has 1 aromatic heterocycles. The van der Waals surface area contributed by atoms with Crippen molar-refractivity contribution in [2.45, 2.75) is 32.2 Å². The van der Waals surface area contributed by atoms with E-state index >= 15 is 0 Å². The second-order valence-electron chi connectivity index (χ2n) is 4.44. The second kappa shape index (κ2) is 6.85. The summed E-state index contributed by atoms with van der Waals surface area (Å²) < 4.78 is 5.38. The van der Waals surface area contributed by atoms with E-state index in [1.54, 1.807) is 0 Å². The number of aromatic nitrogens is 3. The number of piperidine rings is 1. The summed E-state index contributed by atoms with van der Waals surface area (Å²) in [6.07, 6.45) is 2.08. The van der Waals surface area contributed by atoms with Gasteiger partial charge in [0.25, 0.3) is 0 Å². The second-order valence-corrected chi connectivity index (χ2v) is 4.44. The van der Waals surface area contributed by atoms with Crippen molar-refractivity contribution in [3.8, 4) is 6.01 Å². The first kappa shape index (κ1) is 14.3. The summed E-state index contributed by atoms with van der Waals surface area (Å²) in [6, 6.07) is 0.303. The predicted molar refractivity (Wildman–Crippen MR) is 73.1 cm³/mol. The highest BCUT2D eigenvalue weighted by Crippen LogP contribution is 2.14. The van der Waals surface area contributed by atoms with Gasteiger partial charge in [-0.2, -0.15) is 15.0 Å². The van der Waals surface area contributed by atoms with Crippen molar-refractivity contribution in [2.75, 3.05) is 23.9 Å². The lowest BCUT2D eigenvalue weighted by atomic mass is 10.1. The lowest BCUT2D eigenvalue weighted by Gasteiger charge is -2.23. The van der Waals surface area contributed by atoms with Crippen LogP contribution in [0, 0.1) is 0 Å². The first-order valence-corrected chi connectivity index (χ1v) is 6.60. The van der Waals surface area contributed by atoms with Crippen molar-refractivity contribution >= 4 is 17.8 Å². The molecule has 0 radical (unpaired) electrons. The SMILES string of the molecule is CCCOc1nc(NN)nc(NC2CCC(=O)NC2)n1. The third kappa shape index (κ3) is 3.92. The van der Waals surface area contributed by atoms with E-state index in [1.165, 1.54) is 0 Å². The largest absolute Gasteiger partial charge is 0.463 e. The first-order valence-electron chi connectivity index (χ1n) is 6.60. The Morgan fingerprint density at radius 1 is 1.40 bits per heavy atom. The topological polar surface area (TPSA) is 127 Å². The minimum atomic E-state index is 0.0648. The molecule has 1 aliphatic heterocycles. The summed E-state index contributed by atoms with van der Waals surface area (Å²) in [5.74, 6) is 5.99. The predicted octanol–water partition coefficient (Wildman–Crippen LogP) is -0.363. The maximum atomic E-state index is 11.1. The molecular weight excluding hydrogens is 262 g/mol. The van der Waals surface area contributed by atoms with Gasteiger partial charge in [0.15, 0.2) is 0 Å². The molecule has 0 aromatic carbocycles. The van der Waals surface area contributed by atoms with Crippen LogP contribution in [-0.2, 0) is 4.79 Å². The summed E-state index contributed by atoms with van der Waals surface area (Å²) in [6.45, 7) is 3.06. The number of nitrogens with one attached hydrogen (secondary N) is 3. The van der Waals surface area contributed by atoms with Gasteiger partial charge in [0, 0.05) is 19.0 Å². The molecule has 1 amide bonds. The quantitative estimate of drug-likeness (QED) is 0.411. The minimum absolute atomic E-state index is 0.0648. The number of ether oxygens (including phenoxy) is 1. The molecule has 0 spiro atoms. The molecule has 1 aliphatic rings. The van der Waals surface area contributed by atoms with Gasteiger partial charge in [0.1, 0.15) is 0 Å². The third-order valence-corrected chi connectivity index (χ3v) is 2.78. The Bertz CT molecular complexity index is 458. The molecule has 20 heavy (non-hydrogen) atoms. The average molecular weight is 281 g/mol. The highest BCUT2D eigenvalue weighted by Gasteiger charge is 2.19. The molecule has 1 saturated heterocycles. The normalized spacial score (nSPS) is 18.3. The van der Waals surface area contributed by atoms with Crippen LogP contribution in [0.25, 0.3) is 0 Å². The molecule has 9 nitrogen and oxygen atoms in total. The van der Waals surface area contributed by atoms with Gasteiger partial charge in [0.2, 0.25) is 17.8 Å². The van der Waals surface area contributed by atoms with E-state index in [0.29, 0.717) is 25.5 Å². The number of hydrogen-bond donors (Lipinski definition) is 4. The highest BCUT2D eigenvalue weighted by molar-refractivity contribution is 5.76. The number of amides is 1. The van der Waals surface area contributed by atoms with Crippen molar-refractivity contribution in [1.82, 2.24) is 20.3 Å². The zero-order valence-electron chi connectivity index (χ0n) is 11.3. The molecule has 1 unspecified atom stereocenters. The van der Waals surface area contributed by atoms with Crippen molar-refractivity contribution in [3.05, 3.63) is 0 Å². The van der Waals surface area contributed by atoms with E-state index in [0.717, 1.165) is 12.8 Å². The standard InChI is InChI=1S/C11H19N7O2/c1-2-5-20-11-16-9(15-10(17-11)18-12)14-7-3-4-8(19)13-6-7/h7H,2-6,12H2,1H3,(H,13,19)(H2,14,15,16,17,18). The van der Waals surface area contributed by atoms with Crippen LogP contribution in [0.4, 0.5) is 11.9 Å². The zero-order valence-corrected chi connectivity index (χ0v) is 11.3. The van der Waals surface area contributed by atoms with E-state index in [9.17, 15) is 4.79 Å². The van der Waals surface area contributed by atoms with Crippen molar-refractivity contribution in [1.29, 1.82) is 0 Å². The average Bonchev–Trinajstić information content (AvgIpc) is 2.47. The van der Waals surface area contributed by atoms with Crippen molar-refractivity contribution in [3.63, 3.8) is 0 Å². The van der Waals surface area contributed by atoms with Crippen LogP contribution in [0.5, 0.6) is 6.01 Å². The molecule has 1 fully saturated rings. The summed E-state index contributed by atoms with van der Waals surface area (Å²) in [4.78, 5) is 23.4. The maximum Gasteiger partial charge on any atom is 0.323 e. The molecule has 9 heteroatoms. The number of nitrogens with zero attached hydrogens (tertiary/aromatic N) is 3. The number of rotatable bonds is 6. The van der Waals surface area contributed by atoms with Crippen LogP contribution in [-0.4, -0.2) is 40.1 Å². The molecule has 1 atom stereocenters. The van der Waals surface area contributed by atoms with E-state index < -0.39 is 0 Å². The minimum Gasteiger partial charge on any atom is -0.463 e. The van der Waals surface area contributed by atoms with E-state index in [1.807, 2.05) is 6.92 Å². The molecule has 0 bridgehead atoms. The van der Waals surface area contributed by atoms with E-state index in [-0.39, 0.29) is 23.9 Å². The van der Waals surface area contributed by atoms with Crippen LogP contribution >= 0.6 is 0 Å². The summed E-state index contributed by atoms with van der Waals surface area (Å²) in [5, 5.41) is 5.93. The van der Waals surface area contributed by atoms with Gasteiger partial charge in [-0.25, -0.2) is 5.84 Å². The fourth-order valence-electron chi connectivity index (χ4n) is 1.78. The fourth-order valence-corrected chi connectivity index (χ4v) is 1.78. The number of carbonyl (C=O) groups is 1. The smallest absolute Gasteiger partial charge is 0.323 e. The van der Waals surface area contributed by atoms with E-state index in [4.69, 9.17) is 10.6 Å². The van der Waals surface area contributed by atoms with Crippen LogP contribution < -0.4 is 26.6 Å². The van der Waals surface area contributed by atoms with Crippen molar-refractivity contribution < 1.29 is 9.53 Å². The summed E-state index contributed by atoms with van der Waals surface area (Å²) in [7, 11) is 0. The molecule has 0 aliphatic carbocycles. The molecule has 2 heterocycles. The lowest BCUT2D eigenvalue weighted by molar-refractivity contribution is -0.122. The number of nitrogens with two attached hydrogens (primary N) is 1. The van der Waals surface area contributed by atoms with Crippen LogP contribution in [0.2, 0.25) is 0 Å². The molecule has 5 N–H and O–H groups in total. The Kier molecular flexibility index (Phi) is 4.88. The lowest BCUT2D eigenvalue weighted by Crippen LogP contribution is -2.42. The summed E-state index contributed by atoms with van der Waals surface area (Å²) in [5.41, 5.74) is 2.38. The van der Waals surface area contributed by atoms with Crippen LogP contribution in [0.15, 0.2) is 0 Å². The summed E-state index contributed by atoms with van der Waals surface area (Å²) >= 11 is 0. The molecule has 0 saturated carbocycles. The van der Waals surface area contributed by atoms with Gasteiger partial charge < -0.3 is 15.4 Å². The number of carbonyl (C=O) groups excluding carboxylic acids is 1. The Hall–Kier alpha value is -2.16. The van der Waals surface area contributed by atoms with Crippen molar-refractivity contribution in [2.24, 2.45) is 5.84 Å². The number of hydrazine groups is 1. The molecule has 2 rings (SSSR count). The van der Waals surface area contributed by atoms with E-state index in [2.05, 4.69) is 31.0 Å². The Labute approximate surface area is 116 Å². The van der Waals surface area contributed by atoms with Gasteiger partial charge in [-0.1, -0.05) is 6.92 Å². The maximum absolute atomic E-state index is 11.1. The van der Waals surface area contributed by atoms with Gasteiger partial charge in [-0.3, -0.25) is 10.2 Å². The Morgan fingerprint density at radius 3 is 2.85 bits per heavy atom. The monoisotopic (exact) mass is 281 g/mol. The molecular formula is C11H19N7O2. The van der Waals surface area contributed by atoms with Gasteiger partial charge in [0.05, 0.1) is 6.61 Å². The first-order chi connectivity index (χ1) is 9.71. The van der Waals surface area contributed by atoms with Crippen LogP contribution in [0.3, 0.4) is 0 Å². The Morgan fingerprint density at radius 2 is 2.20 bits per heavy atom. The fraction of sp³-hybridized carbons (Fsp3) is 0.636. The van der Waals surface area contributed by atoms with Gasteiger partial charge in [-0.05, 0) is 12.8 Å². The van der Waals surface area contributed by atoms with Gasteiger partial charge in [-0.15, -0.1) is 0 Å². The Balaban J connectivity index is 2.03. The highest BCUT2D eigenvalue weighted by atomic mass is 16.5. The van der Waals surface area contributed by atoms with Gasteiger partial charge >= 0.3 is 6.01 Å². The molecule has 1 aromatic rings. The number of hydrogen-bond acceptors (Lipinski definition) is 8.